The summed E-state index contributed by atoms with van der Waals surface area (Å²) in [4.78, 5) is 13.8. The highest BCUT2D eigenvalue weighted by Gasteiger charge is 2.33. The molecule has 0 heterocycles. The van der Waals surface area contributed by atoms with Gasteiger partial charge in [0.15, 0.2) is 9.84 Å². The number of sulfone groups is 1. The first-order valence-corrected chi connectivity index (χ1v) is 8.58. The summed E-state index contributed by atoms with van der Waals surface area (Å²) in [6.07, 6.45) is 2.23. The SMILES string of the molecule is CC(C1CC1)N(C)C(=O)CS(=O)(=O)c1ccc(Cl)cc1. The summed E-state index contributed by atoms with van der Waals surface area (Å²) in [5, 5.41) is 0.467. The van der Waals surface area contributed by atoms with Crippen molar-refractivity contribution in [3.63, 3.8) is 0 Å². The molecule has 1 saturated carbocycles. The Balaban J connectivity index is 2.07. The minimum Gasteiger partial charge on any atom is -0.342 e. The van der Waals surface area contributed by atoms with E-state index < -0.39 is 15.6 Å². The molecular weight excluding hydrogens is 298 g/mol. The molecule has 0 saturated heterocycles. The smallest absolute Gasteiger partial charge is 0.238 e. The number of hydrogen-bond donors (Lipinski definition) is 0. The number of halogens is 1. The molecule has 0 bridgehead atoms. The summed E-state index contributed by atoms with van der Waals surface area (Å²) in [5.41, 5.74) is 0. The van der Waals surface area contributed by atoms with E-state index in [9.17, 15) is 13.2 Å². The Morgan fingerprint density at radius 2 is 1.90 bits per heavy atom. The van der Waals surface area contributed by atoms with Gasteiger partial charge in [-0.1, -0.05) is 11.6 Å². The van der Waals surface area contributed by atoms with Crippen molar-refractivity contribution in [2.45, 2.75) is 30.7 Å². The monoisotopic (exact) mass is 315 g/mol. The van der Waals surface area contributed by atoms with E-state index in [0.717, 1.165) is 12.8 Å². The highest BCUT2D eigenvalue weighted by Crippen LogP contribution is 2.34. The molecule has 1 aliphatic rings. The second-order valence-electron chi connectivity index (χ2n) is 5.30. The zero-order valence-electron chi connectivity index (χ0n) is 11.5. The molecule has 20 heavy (non-hydrogen) atoms. The number of benzene rings is 1. The minimum atomic E-state index is -3.61. The van der Waals surface area contributed by atoms with Gasteiger partial charge in [-0.05, 0) is 49.9 Å². The third kappa shape index (κ3) is 3.52. The second kappa shape index (κ2) is 5.74. The van der Waals surface area contributed by atoms with Gasteiger partial charge in [-0.3, -0.25) is 4.79 Å². The first-order chi connectivity index (χ1) is 9.31. The van der Waals surface area contributed by atoms with Crippen molar-refractivity contribution in [2.75, 3.05) is 12.8 Å². The van der Waals surface area contributed by atoms with Crippen molar-refractivity contribution in [3.05, 3.63) is 29.3 Å². The van der Waals surface area contributed by atoms with Crippen molar-refractivity contribution < 1.29 is 13.2 Å². The van der Waals surface area contributed by atoms with Crippen molar-refractivity contribution in [3.8, 4) is 0 Å². The van der Waals surface area contributed by atoms with Crippen LogP contribution in [0, 0.1) is 5.92 Å². The van der Waals surface area contributed by atoms with E-state index in [1.165, 1.54) is 24.3 Å². The molecule has 2 rings (SSSR count). The fourth-order valence-electron chi connectivity index (χ4n) is 2.11. The Morgan fingerprint density at radius 3 is 2.40 bits per heavy atom. The van der Waals surface area contributed by atoms with Gasteiger partial charge in [-0.2, -0.15) is 0 Å². The molecule has 1 amide bonds. The minimum absolute atomic E-state index is 0.0999. The van der Waals surface area contributed by atoms with Gasteiger partial charge in [0.2, 0.25) is 5.91 Å². The number of amides is 1. The van der Waals surface area contributed by atoms with E-state index in [4.69, 9.17) is 11.6 Å². The van der Waals surface area contributed by atoms with E-state index in [1.54, 1.807) is 11.9 Å². The molecular formula is C14H18ClNO3S. The maximum absolute atomic E-state index is 12.2. The molecule has 0 radical (unpaired) electrons. The molecule has 0 N–H and O–H groups in total. The normalized spacial score (nSPS) is 16.8. The van der Waals surface area contributed by atoms with Crippen LogP contribution < -0.4 is 0 Å². The lowest BCUT2D eigenvalue weighted by Crippen LogP contribution is -2.39. The van der Waals surface area contributed by atoms with Crippen LogP contribution in [0.5, 0.6) is 0 Å². The summed E-state index contributed by atoms with van der Waals surface area (Å²) in [5.74, 6) is -0.344. The first-order valence-electron chi connectivity index (χ1n) is 6.55. The molecule has 6 heteroatoms. The van der Waals surface area contributed by atoms with Crippen LogP contribution in [-0.4, -0.2) is 38.1 Å². The van der Waals surface area contributed by atoms with Gasteiger partial charge in [-0.25, -0.2) is 8.42 Å². The summed E-state index contributed by atoms with van der Waals surface area (Å²) in [6, 6.07) is 5.97. The molecule has 4 nitrogen and oxygen atoms in total. The Morgan fingerprint density at radius 1 is 1.35 bits per heavy atom. The lowest BCUT2D eigenvalue weighted by molar-refractivity contribution is -0.129. The number of carbonyl (C=O) groups is 1. The standard InChI is InChI=1S/C14H18ClNO3S/c1-10(11-3-4-11)16(2)14(17)9-20(18,19)13-7-5-12(15)6-8-13/h5-8,10-11H,3-4,9H2,1-2H3. The summed E-state index contributed by atoms with van der Waals surface area (Å²) >= 11 is 5.73. The maximum Gasteiger partial charge on any atom is 0.238 e. The molecule has 0 aromatic heterocycles. The lowest BCUT2D eigenvalue weighted by atomic mass is 10.2. The molecule has 1 aromatic carbocycles. The highest BCUT2D eigenvalue weighted by molar-refractivity contribution is 7.92. The van der Waals surface area contributed by atoms with Gasteiger partial charge < -0.3 is 4.90 Å². The van der Waals surface area contributed by atoms with Gasteiger partial charge in [0.1, 0.15) is 5.75 Å². The van der Waals surface area contributed by atoms with Crippen LogP contribution in [0.2, 0.25) is 5.02 Å². The van der Waals surface area contributed by atoms with Crippen LogP contribution in [0.1, 0.15) is 19.8 Å². The van der Waals surface area contributed by atoms with Crippen LogP contribution in [0.3, 0.4) is 0 Å². The van der Waals surface area contributed by atoms with Gasteiger partial charge in [0, 0.05) is 18.1 Å². The van der Waals surface area contributed by atoms with Crippen LogP contribution in [0.15, 0.2) is 29.2 Å². The van der Waals surface area contributed by atoms with Crippen molar-refractivity contribution in [2.24, 2.45) is 5.92 Å². The molecule has 1 fully saturated rings. The van der Waals surface area contributed by atoms with E-state index in [0.29, 0.717) is 10.9 Å². The molecule has 0 aliphatic heterocycles. The number of hydrogen-bond acceptors (Lipinski definition) is 3. The zero-order chi connectivity index (χ0) is 14.9. The van der Waals surface area contributed by atoms with E-state index in [2.05, 4.69) is 0 Å². The fraction of sp³-hybridized carbons (Fsp3) is 0.500. The quantitative estimate of drug-likeness (QED) is 0.838. The van der Waals surface area contributed by atoms with Crippen LogP contribution >= 0.6 is 11.6 Å². The molecule has 1 aromatic rings. The Hall–Kier alpha value is -1.07. The Bertz CT molecular complexity index is 593. The Kier molecular flexibility index (Phi) is 4.39. The van der Waals surface area contributed by atoms with E-state index >= 15 is 0 Å². The fourth-order valence-corrected chi connectivity index (χ4v) is 3.48. The molecule has 1 atom stereocenters. The van der Waals surface area contributed by atoms with Crippen LogP contribution in [0.4, 0.5) is 0 Å². The van der Waals surface area contributed by atoms with E-state index in [-0.39, 0.29) is 16.8 Å². The third-order valence-corrected chi connectivity index (χ3v) is 5.66. The number of nitrogens with zero attached hydrogens (tertiary/aromatic N) is 1. The zero-order valence-corrected chi connectivity index (χ0v) is 13.1. The number of rotatable bonds is 5. The second-order valence-corrected chi connectivity index (χ2v) is 7.72. The number of carbonyl (C=O) groups excluding carboxylic acids is 1. The third-order valence-electron chi connectivity index (χ3n) is 3.79. The van der Waals surface area contributed by atoms with Crippen molar-refractivity contribution in [1.29, 1.82) is 0 Å². The largest absolute Gasteiger partial charge is 0.342 e. The van der Waals surface area contributed by atoms with Crippen molar-refractivity contribution >= 4 is 27.3 Å². The van der Waals surface area contributed by atoms with E-state index in [1.807, 2.05) is 6.92 Å². The predicted molar refractivity (Wildman–Crippen MR) is 78.5 cm³/mol. The van der Waals surface area contributed by atoms with Crippen molar-refractivity contribution in [1.82, 2.24) is 4.90 Å². The summed E-state index contributed by atoms with van der Waals surface area (Å²) < 4.78 is 24.4. The molecule has 1 unspecified atom stereocenters. The molecule has 1 aliphatic carbocycles. The van der Waals surface area contributed by atoms with Gasteiger partial charge in [0.05, 0.1) is 4.90 Å². The summed E-state index contributed by atoms with van der Waals surface area (Å²) in [6.45, 7) is 1.96. The Labute approximate surface area is 124 Å². The summed E-state index contributed by atoms with van der Waals surface area (Å²) in [7, 11) is -1.94. The average Bonchev–Trinajstić information content (AvgIpc) is 3.21. The van der Waals surface area contributed by atoms with Crippen LogP contribution in [0.25, 0.3) is 0 Å². The van der Waals surface area contributed by atoms with Crippen LogP contribution in [-0.2, 0) is 14.6 Å². The average molecular weight is 316 g/mol. The van der Waals surface area contributed by atoms with Gasteiger partial charge in [-0.15, -0.1) is 0 Å². The maximum atomic E-state index is 12.2. The lowest BCUT2D eigenvalue weighted by Gasteiger charge is -2.24. The highest BCUT2D eigenvalue weighted by atomic mass is 35.5. The molecule has 0 spiro atoms. The molecule has 110 valence electrons. The predicted octanol–water partition coefficient (Wildman–Crippen LogP) is 2.37. The van der Waals surface area contributed by atoms with Gasteiger partial charge in [0.25, 0.3) is 0 Å². The first kappa shape index (κ1) is 15.3. The topological polar surface area (TPSA) is 54.5 Å². The van der Waals surface area contributed by atoms with Gasteiger partial charge >= 0.3 is 0 Å².